The fourth-order valence-corrected chi connectivity index (χ4v) is 2.59. The first kappa shape index (κ1) is 20.0. The lowest BCUT2D eigenvalue weighted by molar-refractivity contribution is -0.384. The van der Waals surface area contributed by atoms with Gasteiger partial charge >= 0.3 is 0 Å². The van der Waals surface area contributed by atoms with Gasteiger partial charge in [-0.1, -0.05) is 17.7 Å². The van der Waals surface area contributed by atoms with Crippen LogP contribution in [0.3, 0.4) is 0 Å². The maximum Gasteiger partial charge on any atom is 0.270 e. The molecule has 0 radical (unpaired) electrons. The molecule has 3 aromatic carbocycles. The van der Waals surface area contributed by atoms with Crippen molar-refractivity contribution in [1.29, 1.82) is 0 Å². The topological polar surface area (TPSA) is 98.5 Å². The second kappa shape index (κ2) is 8.99. The van der Waals surface area contributed by atoms with Gasteiger partial charge in [0.15, 0.2) is 12.4 Å². The Bertz CT molecular complexity index is 1050. The van der Waals surface area contributed by atoms with Crippen LogP contribution in [0, 0.1) is 10.1 Å². The number of carbonyl (C=O) groups is 2. The number of ether oxygens (including phenoxy) is 1. The van der Waals surface area contributed by atoms with Crippen LogP contribution in [0.15, 0.2) is 72.8 Å². The molecule has 0 saturated carbocycles. The molecule has 0 saturated heterocycles. The molecule has 0 atom stereocenters. The average Bonchev–Trinajstić information content (AvgIpc) is 2.73. The average molecular weight is 411 g/mol. The molecule has 0 unspecified atom stereocenters. The summed E-state index contributed by atoms with van der Waals surface area (Å²) in [5, 5.41) is 14.0. The highest BCUT2D eigenvalue weighted by Crippen LogP contribution is 2.19. The SMILES string of the molecule is O=C(COc1ccc(NC(=O)c2cccc([N+](=O)[O-])c2)cc1)c1ccc(Cl)cc1. The second-order valence-electron chi connectivity index (χ2n) is 6.00. The number of carbonyl (C=O) groups excluding carboxylic acids is 2. The van der Waals surface area contributed by atoms with Crippen molar-refractivity contribution in [2.24, 2.45) is 0 Å². The third-order valence-electron chi connectivity index (χ3n) is 3.97. The van der Waals surface area contributed by atoms with Crippen molar-refractivity contribution in [3.63, 3.8) is 0 Å². The van der Waals surface area contributed by atoms with Gasteiger partial charge in [-0.05, 0) is 54.6 Å². The molecule has 0 aliphatic carbocycles. The Hall–Kier alpha value is -3.71. The van der Waals surface area contributed by atoms with E-state index in [9.17, 15) is 19.7 Å². The van der Waals surface area contributed by atoms with Gasteiger partial charge in [-0.25, -0.2) is 0 Å². The van der Waals surface area contributed by atoms with E-state index in [1.807, 2.05) is 0 Å². The number of Topliss-reactive ketones (excluding diaryl/α,β-unsaturated/α-hetero) is 1. The van der Waals surface area contributed by atoms with Gasteiger partial charge in [0.05, 0.1) is 4.92 Å². The summed E-state index contributed by atoms with van der Waals surface area (Å²) in [6.07, 6.45) is 0. The summed E-state index contributed by atoms with van der Waals surface area (Å²) in [4.78, 5) is 34.6. The summed E-state index contributed by atoms with van der Waals surface area (Å²) in [6, 6.07) is 18.4. The van der Waals surface area contributed by atoms with Crippen molar-refractivity contribution in [2.75, 3.05) is 11.9 Å². The van der Waals surface area contributed by atoms with Crippen molar-refractivity contribution >= 4 is 34.7 Å². The number of benzene rings is 3. The molecule has 0 bridgehead atoms. The number of nitro groups is 1. The number of nitrogens with one attached hydrogen (secondary N) is 1. The minimum Gasteiger partial charge on any atom is -0.485 e. The van der Waals surface area contributed by atoms with Crippen molar-refractivity contribution in [3.8, 4) is 5.75 Å². The number of hydrogen-bond donors (Lipinski definition) is 1. The van der Waals surface area contributed by atoms with Crippen LogP contribution in [0.25, 0.3) is 0 Å². The van der Waals surface area contributed by atoms with Gasteiger partial charge < -0.3 is 10.1 Å². The Balaban J connectivity index is 1.58. The van der Waals surface area contributed by atoms with E-state index < -0.39 is 10.8 Å². The molecule has 0 heterocycles. The number of ketones is 1. The summed E-state index contributed by atoms with van der Waals surface area (Å²) < 4.78 is 5.47. The Kier molecular flexibility index (Phi) is 6.21. The number of amides is 1. The van der Waals surface area contributed by atoms with E-state index in [0.717, 1.165) is 0 Å². The maximum absolute atomic E-state index is 12.3. The number of anilines is 1. The largest absolute Gasteiger partial charge is 0.485 e. The Morgan fingerprint density at radius 2 is 1.66 bits per heavy atom. The summed E-state index contributed by atoms with van der Waals surface area (Å²) in [7, 11) is 0. The van der Waals surface area contributed by atoms with E-state index in [2.05, 4.69) is 5.32 Å². The molecule has 0 spiro atoms. The lowest BCUT2D eigenvalue weighted by Crippen LogP contribution is -2.13. The predicted octanol–water partition coefficient (Wildman–Crippen LogP) is 4.76. The molecule has 1 N–H and O–H groups in total. The van der Waals surface area contributed by atoms with Gasteiger partial charge in [-0.2, -0.15) is 0 Å². The molecule has 7 nitrogen and oxygen atoms in total. The summed E-state index contributed by atoms with van der Waals surface area (Å²) in [6.45, 7) is -0.138. The first-order valence-electron chi connectivity index (χ1n) is 8.50. The van der Waals surface area contributed by atoms with Crippen LogP contribution in [-0.2, 0) is 0 Å². The van der Waals surface area contributed by atoms with Gasteiger partial charge in [-0.3, -0.25) is 19.7 Å². The smallest absolute Gasteiger partial charge is 0.270 e. The molecule has 0 aromatic heterocycles. The highest BCUT2D eigenvalue weighted by atomic mass is 35.5. The fourth-order valence-electron chi connectivity index (χ4n) is 2.47. The molecule has 8 heteroatoms. The standard InChI is InChI=1S/C21H15ClN2O5/c22-16-6-4-14(5-7-16)20(25)13-29-19-10-8-17(9-11-19)23-21(26)15-2-1-3-18(12-15)24(27)28/h1-12H,13H2,(H,23,26). The van der Waals surface area contributed by atoms with Crippen LogP contribution in [-0.4, -0.2) is 23.2 Å². The van der Waals surface area contributed by atoms with Gasteiger partial charge in [-0.15, -0.1) is 0 Å². The summed E-state index contributed by atoms with van der Waals surface area (Å²) in [5.74, 6) is -0.203. The van der Waals surface area contributed by atoms with Crippen molar-refractivity contribution in [1.82, 2.24) is 0 Å². The number of halogens is 1. The summed E-state index contributed by atoms with van der Waals surface area (Å²) in [5.41, 5.74) is 0.993. The van der Waals surface area contributed by atoms with Crippen LogP contribution in [0.1, 0.15) is 20.7 Å². The molecule has 0 fully saturated rings. The van der Waals surface area contributed by atoms with Crippen LogP contribution < -0.4 is 10.1 Å². The molecular weight excluding hydrogens is 396 g/mol. The normalized spacial score (nSPS) is 10.2. The zero-order valence-corrected chi connectivity index (χ0v) is 15.8. The molecule has 0 aliphatic heterocycles. The van der Waals surface area contributed by atoms with Gasteiger partial charge in [0.25, 0.3) is 11.6 Å². The maximum atomic E-state index is 12.3. The monoisotopic (exact) mass is 410 g/mol. The molecular formula is C21H15ClN2O5. The van der Waals surface area contributed by atoms with Crippen LogP contribution in [0.5, 0.6) is 5.75 Å². The van der Waals surface area contributed by atoms with Crippen LogP contribution in [0.2, 0.25) is 5.02 Å². The van der Waals surface area contributed by atoms with Crippen LogP contribution >= 0.6 is 11.6 Å². The molecule has 3 aromatic rings. The molecule has 3 rings (SSSR count). The third-order valence-corrected chi connectivity index (χ3v) is 4.22. The summed E-state index contributed by atoms with van der Waals surface area (Å²) >= 11 is 5.80. The zero-order chi connectivity index (χ0) is 20.8. The molecule has 29 heavy (non-hydrogen) atoms. The van der Waals surface area contributed by atoms with E-state index in [-0.39, 0.29) is 23.6 Å². The highest BCUT2D eigenvalue weighted by molar-refractivity contribution is 6.30. The van der Waals surface area contributed by atoms with Crippen molar-refractivity contribution < 1.29 is 19.2 Å². The van der Waals surface area contributed by atoms with E-state index in [0.29, 0.717) is 22.0 Å². The Morgan fingerprint density at radius 3 is 2.31 bits per heavy atom. The second-order valence-corrected chi connectivity index (χ2v) is 6.44. The number of nitro benzene ring substituents is 1. The number of non-ortho nitro benzene ring substituents is 1. The Labute approximate surface area is 171 Å². The number of rotatable bonds is 7. The Morgan fingerprint density at radius 1 is 0.966 bits per heavy atom. The minimum absolute atomic E-state index is 0.138. The van der Waals surface area contributed by atoms with Gasteiger partial charge in [0, 0.05) is 34.0 Å². The molecule has 0 aliphatic rings. The first-order chi connectivity index (χ1) is 13.9. The molecule has 1 amide bonds. The lowest BCUT2D eigenvalue weighted by atomic mass is 10.1. The van der Waals surface area contributed by atoms with E-state index in [1.54, 1.807) is 48.5 Å². The number of hydrogen-bond acceptors (Lipinski definition) is 5. The minimum atomic E-state index is -0.561. The van der Waals surface area contributed by atoms with E-state index >= 15 is 0 Å². The van der Waals surface area contributed by atoms with Crippen molar-refractivity contribution in [3.05, 3.63) is 99.1 Å². The van der Waals surface area contributed by atoms with Crippen LogP contribution in [0.4, 0.5) is 11.4 Å². The number of nitrogens with zero attached hydrogens (tertiary/aromatic N) is 1. The van der Waals surface area contributed by atoms with Gasteiger partial charge in [0.2, 0.25) is 0 Å². The quantitative estimate of drug-likeness (QED) is 0.344. The highest BCUT2D eigenvalue weighted by Gasteiger charge is 2.12. The van der Waals surface area contributed by atoms with E-state index in [1.165, 1.54) is 24.3 Å². The lowest BCUT2D eigenvalue weighted by Gasteiger charge is -2.08. The van der Waals surface area contributed by atoms with E-state index in [4.69, 9.17) is 16.3 Å². The van der Waals surface area contributed by atoms with Gasteiger partial charge in [0.1, 0.15) is 5.75 Å². The fraction of sp³-hybridized carbons (Fsp3) is 0.0476. The van der Waals surface area contributed by atoms with Crippen molar-refractivity contribution in [2.45, 2.75) is 0 Å². The molecule has 146 valence electrons. The first-order valence-corrected chi connectivity index (χ1v) is 8.87. The predicted molar refractivity (Wildman–Crippen MR) is 109 cm³/mol. The zero-order valence-electron chi connectivity index (χ0n) is 15.0. The third kappa shape index (κ3) is 5.40.